The van der Waals surface area contributed by atoms with Gasteiger partial charge in [0.2, 0.25) is 5.91 Å². The molecule has 0 radical (unpaired) electrons. The first-order chi connectivity index (χ1) is 13.5. The van der Waals surface area contributed by atoms with E-state index >= 15 is 0 Å². The van der Waals surface area contributed by atoms with Crippen molar-refractivity contribution in [3.8, 4) is 0 Å². The average molecular weight is 387 g/mol. The first kappa shape index (κ1) is 19.9. The highest BCUT2D eigenvalue weighted by Crippen LogP contribution is 2.19. The Morgan fingerprint density at radius 2 is 1.96 bits per heavy atom. The lowest BCUT2D eigenvalue weighted by Crippen LogP contribution is -2.46. The third-order valence-corrected chi connectivity index (χ3v) is 4.79. The molecule has 1 aromatic carbocycles. The zero-order valence-corrected chi connectivity index (χ0v) is 16.0. The van der Waals surface area contributed by atoms with E-state index in [0.29, 0.717) is 32.7 Å². The molecule has 1 saturated heterocycles. The van der Waals surface area contributed by atoms with Crippen molar-refractivity contribution in [3.63, 3.8) is 0 Å². The van der Waals surface area contributed by atoms with E-state index in [1.807, 2.05) is 30.5 Å². The summed E-state index contributed by atoms with van der Waals surface area (Å²) in [4.78, 5) is 42.4. The second-order valence-corrected chi connectivity index (χ2v) is 6.76. The molecule has 0 atom stereocenters. The van der Waals surface area contributed by atoms with Crippen molar-refractivity contribution in [1.82, 2.24) is 14.8 Å². The lowest BCUT2D eigenvalue weighted by atomic mass is 10.1. The number of fused-ring (bicyclic) bond motifs is 1. The topological polar surface area (TPSA) is 91.9 Å². The molecule has 0 aliphatic carbocycles. The van der Waals surface area contributed by atoms with Crippen LogP contribution in [0.4, 0.5) is 0 Å². The molecule has 2 heterocycles. The number of morpholine rings is 1. The molecular weight excluding hydrogens is 362 g/mol. The highest BCUT2D eigenvalue weighted by Gasteiger charge is 2.21. The Labute approximate surface area is 163 Å². The summed E-state index contributed by atoms with van der Waals surface area (Å²) in [6.07, 6.45) is 2.60. The van der Waals surface area contributed by atoms with Crippen LogP contribution in [0.25, 0.3) is 10.9 Å². The fraction of sp³-hybridized carbons (Fsp3) is 0.450. The first-order valence-electron chi connectivity index (χ1n) is 9.34. The molecule has 1 aromatic heterocycles. The maximum absolute atomic E-state index is 12.2. The molecule has 0 spiro atoms. The van der Waals surface area contributed by atoms with E-state index in [4.69, 9.17) is 9.47 Å². The van der Waals surface area contributed by atoms with E-state index in [9.17, 15) is 14.4 Å². The van der Waals surface area contributed by atoms with Crippen LogP contribution in [0.5, 0.6) is 0 Å². The molecule has 8 heteroatoms. The standard InChI is InChI=1S/C20H25N3O5/c1-22(13-18(24)23-8-10-27-11-9-23)19(25)14-28-20(26)7-6-15-12-21-17-5-3-2-4-16(15)17/h2-5,12,21H,6-11,13-14H2,1H3. The molecule has 3 rings (SSSR count). The fourth-order valence-electron chi connectivity index (χ4n) is 3.10. The minimum Gasteiger partial charge on any atom is -0.456 e. The van der Waals surface area contributed by atoms with Gasteiger partial charge in [0.15, 0.2) is 6.61 Å². The van der Waals surface area contributed by atoms with Gasteiger partial charge in [-0.25, -0.2) is 0 Å². The quantitative estimate of drug-likeness (QED) is 0.715. The van der Waals surface area contributed by atoms with Crippen molar-refractivity contribution >= 4 is 28.7 Å². The van der Waals surface area contributed by atoms with Crippen LogP contribution in [0, 0.1) is 0 Å². The SMILES string of the molecule is CN(CC(=O)N1CCOCC1)C(=O)COC(=O)CCc1c[nH]c2ccccc12. The van der Waals surface area contributed by atoms with E-state index in [1.54, 1.807) is 4.90 Å². The molecule has 150 valence electrons. The Balaban J connectivity index is 1.39. The summed E-state index contributed by atoms with van der Waals surface area (Å²) in [6, 6.07) is 7.87. The molecule has 1 N–H and O–H groups in total. The number of nitrogens with zero attached hydrogens (tertiary/aromatic N) is 2. The van der Waals surface area contributed by atoms with Crippen LogP contribution in [0.15, 0.2) is 30.5 Å². The second kappa shape index (κ2) is 9.36. The van der Waals surface area contributed by atoms with Crippen LogP contribution in [0.3, 0.4) is 0 Å². The Hall–Kier alpha value is -2.87. The zero-order chi connectivity index (χ0) is 19.9. The van der Waals surface area contributed by atoms with Crippen molar-refractivity contribution in [2.75, 3.05) is 46.5 Å². The summed E-state index contributed by atoms with van der Waals surface area (Å²) < 4.78 is 10.3. The summed E-state index contributed by atoms with van der Waals surface area (Å²) in [6.45, 7) is 1.69. The Morgan fingerprint density at radius 1 is 1.21 bits per heavy atom. The molecule has 8 nitrogen and oxygen atoms in total. The number of nitrogens with one attached hydrogen (secondary N) is 1. The van der Waals surface area contributed by atoms with Crippen LogP contribution in [-0.4, -0.2) is 79.1 Å². The summed E-state index contributed by atoms with van der Waals surface area (Å²) in [5.74, 6) is -0.974. The molecule has 1 fully saturated rings. The zero-order valence-electron chi connectivity index (χ0n) is 16.0. The van der Waals surface area contributed by atoms with Crippen molar-refractivity contribution in [2.45, 2.75) is 12.8 Å². The predicted octanol–water partition coefficient (Wildman–Crippen LogP) is 0.961. The Kier molecular flexibility index (Phi) is 6.65. The van der Waals surface area contributed by atoms with Gasteiger partial charge in [-0.1, -0.05) is 18.2 Å². The molecule has 2 amide bonds. The first-order valence-corrected chi connectivity index (χ1v) is 9.34. The van der Waals surface area contributed by atoms with Crippen LogP contribution >= 0.6 is 0 Å². The van der Waals surface area contributed by atoms with Crippen molar-refractivity contribution in [1.29, 1.82) is 0 Å². The van der Waals surface area contributed by atoms with Gasteiger partial charge in [-0.2, -0.15) is 0 Å². The maximum atomic E-state index is 12.2. The van der Waals surface area contributed by atoms with Crippen molar-refractivity contribution in [2.24, 2.45) is 0 Å². The van der Waals surface area contributed by atoms with E-state index in [2.05, 4.69) is 4.98 Å². The largest absolute Gasteiger partial charge is 0.456 e. The number of para-hydroxylation sites is 1. The number of carbonyl (C=O) groups excluding carboxylic acids is 3. The molecular formula is C20H25N3O5. The van der Waals surface area contributed by atoms with Gasteiger partial charge in [0.25, 0.3) is 5.91 Å². The van der Waals surface area contributed by atoms with Gasteiger partial charge in [0.05, 0.1) is 19.8 Å². The van der Waals surface area contributed by atoms with E-state index in [1.165, 1.54) is 11.9 Å². The van der Waals surface area contributed by atoms with Gasteiger partial charge in [0.1, 0.15) is 0 Å². The van der Waals surface area contributed by atoms with Gasteiger partial charge in [-0.3, -0.25) is 14.4 Å². The van der Waals surface area contributed by atoms with Gasteiger partial charge in [0, 0.05) is 43.7 Å². The molecule has 1 aliphatic heterocycles. The highest BCUT2D eigenvalue weighted by molar-refractivity contribution is 5.86. The Bertz CT molecular complexity index is 841. The number of likely N-dealkylation sites (N-methyl/N-ethyl adjacent to an activating group) is 1. The Morgan fingerprint density at radius 3 is 2.75 bits per heavy atom. The van der Waals surface area contributed by atoms with Crippen molar-refractivity contribution < 1.29 is 23.9 Å². The van der Waals surface area contributed by atoms with Gasteiger partial charge in [-0.05, 0) is 18.1 Å². The van der Waals surface area contributed by atoms with E-state index < -0.39 is 11.9 Å². The average Bonchev–Trinajstić information content (AvgIpc) is 3.14. The number of aromatic amines is 1. The molecule has 28 heavy (non-hydrogen) atoms. The number of ether oxygens (including phenoxy) is 2. The molecule has 0 saturated carbocycles. The number of benzene rings is 1. The lowest BCUT2D eigenvalue weighted by Gasteiger charge is -2.28. The number of carbonyl (C=O) groups is 3. The summed E-state index contributed by atoms with van der Waals surface area (Å²) in [5.41, 5.74) is 2.06. The minimum absolute atomic E-state index is 0.0360. The number of hydrogen-bond donors (Lipinski definition) is 1. The van der Waals surface area contributed by atoms with Gasteiger partial charge < -0.3 is 24.3 Å². The van der Waals surface area contributed by atoms with Gasteiger partial charge in [-0.15, -0.1) is 0 Å². The lowest BCUT2D eigenvalue weighted by molar-refractivity contribution is -0.152. The minimum atomic E-state index is -0.438. The fourth-order valence-corrected chi connectivity index (χ4v) is 3.10. The number of rotatable bonds is 7. The monoisotopic (exact) mass is 387 g/mol. The number of esters is 1. The molecule has 0 unspecified atom stereocenters. The summed E-state index contributed by atoms with van der Waals surface area (Å²) in [7, 11) is 1.53. The van der Waals surface area contributed by atoms with Crippen LogP contribution < -0.4 is 0 Å². The smallest absolute Gasteiger partial charge is 0.306 e. The summed E-state index contributed by atoms with van der Waals surface area (Å²) >= 11 is 0. The van der Waals surface area contributed by atoms with Crippen LogP contribution in [0.2, 0.25) is 0 Å². The number of aryl methyl sites for hydroxylation is 1. The van der Waals surface area contributed by atoms with Gasteiger partial charge >= 0.3 is 5.97 Å². The predicted molar refractivity (Wildman–Crippen MR) is 103 cm³/mol. The maximum Gasteiger partial charge on any atom is 0.306 e. The van der Waals surface area contributed by atoms with Crippen molar-refractivity contribution in [3.05, 3.63) is 36.0 Å². The third-order valence-electron chi connectivity index (χ3n) is 4.79. The third kappa shape index (κ3) is 5.10. The molecule has 1 aliphatic rings. The van der Waals surface area contributed by atoms with Crippen LogP contribution in [0.1, 0.15) is 12.0 Å². The van der Waals surface area contributed by atoms with E-state index in [0.717, 1.165) is 16.5 Å². The normalized spacial score (nSPS) is 14.1. The summed E-state index contributed by atoms with van der Waals surface area (Å²) in [5, 5.41) is 1.08. The highest BCUT2D eigenvalue weighted by atomic mass is 16.5. The molecule has 2 aromatic rings. The number of H-pyrrole nitrogens is 1. The number of amides is 2. The number of aromatic nitrogens is 1. The van der Waals surface area contributed by atoms with E-state index in [-0.39, 0.29) is 25.5 Å². The number of hydrogen-bond acceptors (Lipinski definition) is 5. The molecule has 0 bridgehead atoms. The second-order valence-electron chi connectivity index (χ2n) is 6.76. The van der Waals surface area contributed by atoms with Crippen LogP contribution in [-0.2, 0) is 30.3 Å².